The minimum atomic E-state index is -0.511. The van der Waals surface area contributed by atoms with Crippen molar-refractivity contribution in [1.82, 2.24) is 9.97 Å². The van der Waals surface area contributed by atoms with Crippen LogP contribution in [0.2, 0.25) is 0 Å². The molecule has 0 fully saturated rings. The zero-order valence-electron chi connectivity index (χ0n) is 23.3. The molecule has 202 valence electrons. The first-order valence-electron chi connectivity index (χ1n) is 14.7. The summed E-state index contributed by atoms with van der Waals surface area (Å²) >= 11 is 0. The summed E-state index contributed by atoms with van der Waals surface area (Å²) in [5.41, 5.74) is 11.8. The van der Waals surface area contributed by atoms with E-state index >= 15 is 0 Å². The van der Waals surface area contributed by atoms with Gasteiger partial charge in [0.15, 0.2) is 0 Å². The fourth-order valence-electron chi connectivity index (χ4n) is 7.18. The Hall–Kier alpha value is -5.67. The number of H-pyrrole nitrogens is 1. The summed E-state index contributed by atoms with van der Waals surface area (Å²) in [4.78, 5) is 8.88. The maximum Gasteiger partial charge on any atom is 0.141 e. The molecule has 3 nitrogen and oxygen atoms in total. The Kier molecular flexibility index (Phi) is 5.11. The molecule has 3 heteroatoms. The minimum absolute atomic E-state index is 0.511. The Morgan fingerprint density at radius 3 is 1.70 bits per heavy atom. The largest absolute Gasteiger partial charge is 0.456 e. The zero-order valence-corrected chi connectivity index (χ0v) is 23.3. The lowest BCUT2D eigenvalue weighted by atomic mass is 9.65. The summed E-state index contributed by atoms with van der Waals surface area (Å²) in [6.45, 7) is 0. The van der Waals surface area contributed by atoms with Gasteiger partial charge in [-0.1, -0.05) is 140 Å². The summed E-state index contributed by atoms with van der Waals surface area (Å²) in [5.74, 6) is 2.56. The van der Waals surface area contributed by atoms with E-state index in [9.17, 15) is 0 Å². The van der Waals surface area contributed by atoms with Crippen LogP contribution in [0.4, 0.5) is 0 Å². The lowest BCUT2D eigenvalue weighted by Gasteiger charge is -2.40. The lowest BCUT2D eigenvalue weighted by molar-refractivity contribution is 0.438. The predicted octanol–water partition coefficient (Wildman–Crippen LogP) is 9.88. The van der Waals surface area contributed by atoms with Gasteiger partial charge in [-0.15, -0.1) is 0 Å². The molecule has 0 atom stereocenters. The van der Waals surface area contributed by atoms with E-state index < -0.39 is 5.41 Å². The summed E-state index contributed by atoms with van der Waals surface area (Å²) in [7, 11) is 0. The molecule has 1 aromatic heterocycles. The van der Waals surface area contributed by atoms with Gasteiger partial charge < -0.3 is 9.72 Å². The topological polar surface area (TPSA) is 37.9 Å². The maximum atomic E-state index is 6.94. The Balaban J connectivity index is 1.37. The molecule has 0 bridgehead atoms. The number of imidazole rings is 1. The van der Waals surface area contributed by atoms with Crippen molar-refractivity contribution in [2.24, 2.45) is 0 Å². The Labute approximate surface area is 250 Å². The summed E-state index contributed by atoms with van der Waals surface area (Å²) in [5, 5.41) is 0. The number of ether oxygens (including phenoxy) is 1. The van der Waals surface area contributed by atoms with Crippen LogP contribution in [-0.4, -0.2) is 9.97 Å². The molecule has 0 unspecified atom stereocenters. The van der Waals surface area contributed by atoms with Crippen LogP contribution in [0.15, 0.2) is 152 Å². The van der Waals surface area contributed by atoms with Crippen LogP contribution in [0.25, 0.3) is 45.0 Å². The number of nitrogens with zero attached hydrogens (tertiary/aromatic N) is 1. The fourth-order valence-corrected chi connectivity index (χ4v) is 7.18. The predicted molar refractivity (Wildman–Crippen MR) is 172 cm³/mol. The van der Waals surface area contributed by atoms with Crippen molar-refractivity contribution in [2.75, 3.05) is 0 Å². The third-order valence-electron chi connectivity index (χ3n) is 8.94. The van der Waals surface area contributed by atoms with E-state index in [1.165, 1.54) is 22.3 Å². The average Bonchev–Trinajstić information content (AvgIpc) is 3.65. The molecule has 2 heterocycles. The van der Waals surface area contributed by atoms with Gasteiger partial charge in [0.1, 0.15) is 17.3 Å². The average molecular weight is 551 g/mol. The Morgan fingerprint density at radius 1 is 0.465 bits per heavy atom. The second-order valence-corrected chi connectivity index (χ2v) is 11.2. The standard InChI is InChI=1S/C40H26N2O/c1-3-14-26(15-4-1)36-37(42-39(41-36)27-16-5-2-6-17-27)30-20-13-24-34-38(30)43-35-25-12-11-23-33(35)40(34)31-21-9-7-18-28(31)29-19-8-10-22-32(29)40/h1-25H,(H,41,42). The van der Waals surface area contributed by atoms with Gasteiger partial charge in [-0.2, -0.15) is 0 Å². The van der Waals surface area contributed by atoms with Crippen molar-refractivity contribution >= 4 is 0 Å². The highest BCUT2D eigenvalue weighted by molar-refractivity contribution is 5.92. The monoisotopic (exact) mass is 550 g/mol. The molecule has 0 saturated carbocycles. The van der Waals surface area contributed by atoms with E-state index in [4.69, 9.17) is 9.72 Å². The Bertz CT molecular complexity index is 2120. The van der Waals surface area contributed by atoms with E-state index in [2.05, 4.69) is 132 Å². The number of benzene rings is 6. The molecule has 0 amide bonds. The Morgan fingerprint density at radius 2 is 1.00 bits per heavy atom. The quantitative estimate of drug-likeness (QED) is 0.238. The zero-order chi connectivity index (χ0) is 28.4. The number of aromatic amines is 1. The fraction of sp³-hybridized carbons (Fsp3) is 0.0250. The van der Waals surface area contributed by atoms with Crippen LogP contribution in [-0.2, 0) is 5.41 Å². The van der Waals surface area contributed by atoms with Gasteiger partial charge in [-0.25, -0.2) is 4.98 Å². The van der Waals surface area contributed by atoms with Crippen molar-refractivity contribution in [1.29, 1.82) is 0 Å². The molecular formula is C40H26N2O. The second-order valence-electron chi connectivity index (χ2n) is 11.2. The van der Waals surface area contributed by atoms with Gasteiger partial charge in [0.25, 0.3) is 0 Å². The van der Waals surface area contributed by atoms with E-state index in [1.807, 2.05) is 24.3 Å². The number of nitrogens with one attached hydrogen (secondary N) is 1. The van der Waals surface area contributed by atoms with Crippen molar-refractivity contribution in [3.05, 3.63) is 174 Å². The summed E-state index contributed by atoms with van der Waals surface area (Å²) in [6.07, 6.45) is 0. The third kappa shape index (κ3) is 3.33. The van der Waals surface area contributed by atoms with Gasteiger partial charge in [0.2, 0.25) is 0 Å². The summed E-state index contributed by atoms with van der Waals surface area (Å²) < 4.78 is 6.94. The molecule has 0 radical (unpaired) electrons. The van der Waals surface area contributed by atoms with Gasteiger partial charge in [-0.05, 0) is 34.4 Å². The number of hydrogen-bond donors (Lipinski definition) is 1. The number of fused-ring (bicyclic) bond motifs is 9. The molecule has 1 N–H and O–H groups in total. The van der Waals surface area contributed by atoms with E-state index in [0.717, 1.165) is 56.5 Å². The van der Waals surface area contributed by atoms with Crippen molar-refractivity contribution < 1.29 is 4.74 Å². The van der Waals surface area contributed by atoms with Gasteiger partial charge in [-0.3, -0.25) is 0 Å². The number of hydrogen-bond acceptors (Lipinski definition) is 2. The molecule has 6 aromatic carbocycles. The lowest BCUT2D eigenvalue weighted by Crippen LogP contribution is -2.32. The highest BCUT2D eigenvalue weighted by atomic mass is 16.5. The van der Waals surface area contributed by atoms with Crippen LogP contribution in [0, 0.1) is 0 Å². The van der Waals surface area contributed by atoms with Crippen LogP contribution >= 0.6 is 0 Å². The number of aromatic nitrogens is 2. The first-order chi connectivity index (χ1) is 21.3. The molecule has 43 heavy (non-hydrogen) atoms. The molecule has 1 aliphatic carbocycles. The van der Waals surface area contributed by atoms with Crippen LogP contribution in [0.3, 0.4) is 0 Å². The first-order valence-corrected chi connectivity index (χ1v) is 14.7. The minimum Gasteiger partial charge on any atom is -0.456 e. The van der Waals surface area contributed by atoms with Crippen LogP contribution < -0.4 is 4.74 Å². The van der Waals surface area contributed by atoms with Crippen molar-refractivity contribution in [2.45, 2.75) is 5.41 Å². The number of para-hydroxylation sites is 2. The van der Waals surface area contributed by atoms with Gasteiger partial charge in [0.05, 0.1) is 16.8 Å². The normalized spacial score (nSPS) is 13.5. The molecule has 2 aliphatic rings. The molecule has 9 rings (SSSR count). The SMILES string of the molecule is c1ccc(-c2nc(-c3ccccc3)c(-c3cccc4c3Oc3ccccc3C43c4ccccc4-c4ccccc43)[nH]2)cc1. The highest BCUT2D eigenvalue weighted by Crippen LogP contribution is 2.63. The highest BCUT2D eigenvalue weighted by Gasteiger charge is 2.51. The smallest absolute Gasteiger partial charge is 0.141 e. The molecule has 1 spiro atoms. The van der Waals surface area contributed by atoms with E-state index in [0.29, 0.717) is 0 Å². The van der Waals surface area contributed by atoms with Crippen molar-refractivity contribution in [3.63, 3.8) is 0 Å². The first kappa shape index (κ1) is 24.0. The van der Waals surface area contributed by atoms with Gasteiger partial charge in [0, 0.05) is 27.8 Å². The maximum absolute atomic E-state index is 6.94. The molecule has 0 saturated heterocycles. The number of rotatable bonds is 3. The molecule has 7 aromatic rings. The van der Waals surface area contributed by atoms with E-state index in [-0.39, 0.29) is 0 Å². The second kappa shape index (κ2) is 9.17. The molecular weight excluding hydrogens is 524 g/mol. The van der Waals surface area contributed by atoms with Crippen LogP contribution in [0.1, 0.15) is 22.3 Å². The third-order valence-corrected chi connectivity index (χ3v) is 8.94. The summed E-state index contributed by atoms with van der Waals surface area (Å²) in [6, 6.07) is 53.4. The van der Waals surface area contributed by atoms with Crippen molar-refractivity contribution in [3.8, 4) is 56.5 Å². The van der Waals surface area contributed by atoms with E-state index in [1.54, 1.807) is 0 Å². The van der Waals surface area contributed by atoms with Gasteiger partial charge >= 0.3 is 0 Å². The van der Waals surface area contributed by atoms with Crippen LogP contribution in [0.5, 0.6) is 11.5 Å². The molecule has 1 aliphatic heterocycles.